The van der Waals surface area contributed by atoms with E-state index in [1.54, 1.807) is 24.3 Å². The molecule has 2 aliphatic rings. The zero-order valence-corrected chi connectivity index (χ0v) is 20.1. The van der Waals surface area contributed by atoms with Crippen molar-refractivity contribution >= 4 is 35.1 Å². The Hall–Kier alpha value is -3.30. The van der Waals surface area contributed by atoms with E-state index in [9.17, 15) is 4.79 Å². The van der Waals surface area contributed by atoms with Gasteiger partial charge in [-0.2, -0.15) is 0 Å². The minimum Gasteiger partial charge on any atom is -0.484 e. The van der Waals surface area contributed by atoms with Crippen molar-refractivity contribution in [3.05, 3.63) is 59.6 Å². The Kier molecular flexibility index (Phi) is 9.75. The predicted molar refractivity (Wildman–Crippen MR) is 132 cm³/mol. The molecular formula is C25H30ClN3O6. The maximum atomic E-state index is 12.5. The largest absolute Gasteiger partial charge is 0.484 e. The van der Waals surface area contributed by atoms with Crippen molar-refractivity contribution in [3.8, 4) is 5.75 Å². The SMILES string of the molecule is O=C(COc1ccc(Cl)cc1)N1CCC(N2CCN(c3ccccc3)CC2)CC1.O=C(O)C(=O)O. The monoisotopic (exact) mass is 503 g/mol. The molecule has 0 atom stereocenters. The number of aliphatic carboxylic acids is 2. The minimum absolute atomic E-state index is 0.0623. The molecule has 4 rings (SSSR count). The third kappa shape index (κ3) is 8.15. The molecule has 0 aromatic heterocycles. The zero-order valence-electron chi connectivity index (χ0n) is 19.4. The standard InChI is InChI=1S/C23H28ClN3O2.C2H2O4/c24-19-6-8-22(9-7-19)29-18-23(28)27-12-10-21(11-13-27)26-16-14-25(15-17-26)20-4-2-1-3-5-20;3-1(4)2(5)6/h1-9,21H,10-18H2;(H,3,4)(H,5,6). The first-order valence-corrected chi connectivity index (χ1v) is 11.9. The molecule has 2 aromatic carbocycles. The molecular weight excluding hydrogens is 474 g/mol. The highest BCUT2D eigenvalue weighted by Gasteiger charge is 2.29. The molecule has 0 saturated carbocycles. The lowest BCUT2D eigenvalue weighted by atomic mass is 10.0. The Balaban J connectivity index is 0.000000509. The highest BCUT2D eigenvalue weighted by Crippen LogP contribution is 2.22. The molecule has 2 aliphatic heterocycles. The van der Waals surface area contributed by atoms with E-state index in [4.69, 9.17) is 36.1 Å². The molecule has 188 valence electrons. The quantitative estimate of drug-likeness (QED) is 0.599. The topological polar surface area (TPSA) is 111 Å². The normalized spacial score (nSPS) is 16.7. The smallest absolute Gasteiger partial charge is 0.414 e. The number of anilines is 1. The van der Waals surface area contributed by atoms with Gasteiger partial charge in [-0.15, -0.1) is 0 Å². The second-order valence-electron chi connectivity index (χ2n) is 8.32. The van der Waals surface area contributed by atoms with Crippen LogP contribution in [-0.2, 0) is 14.4 Å². The van der Waals surface area contributed by atoms with E-state index in [0.29, 0.717) is 16.8 Å². The van der Waals surface area contributed by atoms with E-state index >= 15 is 0 Å². The molecule has 0 aliphatic carbocycles. The number of carboxylic acids is 2. The van der Waals surface area contributed by atoms with Crippen LogP contribution in [0.4, 0.5) is 5.69 Å². The van der Waals surface area contributed by atoms with Gasteiger partial charge in [-0.05, 0) is 49.2 Å². The van der Waals surface area contributed by atoms with Crippen LogP contribution in [0.3, 0.4) is 0 Å². The summed E-state index contributed by atoms with van der Waals surface area (Å²) in [5, 5.41) is 15.4. The van der Waals surface area contributed by atoms with E-state index in [-0.39, 0.29) is 12.5 Å². The third-order valence-corrected chi connectivity index (χ3v) is 6.38. The summed E-state index contributed by atoms with van der Waals surface area (Å²) in [5.74, 6) is -2.91. The molecule has 0 unspecified atom stereocenters. The summed E-state index contributed by atoms with van der Waals surface area (Å²) >= 11 is 5.88. The Morgan fingerprint density at radius 3 is 1.94 bits per heavy atom. The number of carboxylic acid groups (broad SMARTS) is 2. The van der Waals surface area contributed by atoms with Gasteiger partial charge in [0.1, 0.15) is 5.75 Å². The maximum Gasteiger partial charge on any atom is 0.414 e. The number of hydrogen-bond donors (Lipinski definition) is 2. The lowest BCUT2D eigenvalue weighted by molar-refractivity contribution is -0.159. The number of carbonyl (C=O) groups excluding carboxylic acids is 1. The molecule has 2 N–H and O–H groups in total. The Morgan fingerprint density at radius 2 is 1.40 bits per heavy atom. The molecule has 1 amide bonds. The van der Waals surface area contributed by atoms with Crippen LogP contribution in [0.2, 0.25) is 5.02 Å². The maximum absolute atomic E-state index is 12.5. The second kappa shape index (κ2) is 13.0. The first kappa shape index (κ1) is 26.3. The molecule has 0 radical (unpaired) electrons. The average Bonchev–Trinajstić information content (AvgIpc) is 2.89. The van der Waals surface area contributed by atoms with E-state index < -0.39 is 11.9 Å². The number of ether oxygens (including phenoxy) is 1. The first-order chi connectivity index (χ1) is 16.8. The van der Waals surface area contributed by atoms with Gasteiger partial charge < -0.3 is 24.7 Å². The van der Waals surface area contributed by atoms with Crippen LogP contribution in [0, 0.1) is 0 Å². The second-order valence-corrected chi connectivity index (χ2v) is 8.76. The van der Waals surface area contributed by atoms with E-state index in [1.165, 1.54) is 5.69 Å². The van der Waals surface area contributed by atoms with Crippen LogP contribution in [0.15, 0.2) is 54.6 Å². The van der Waals surface area contributed by atoms with Crippen molar-refractivity contribution in [2.75, 3.05) is 50.8 Å². The van der Waals surface area contributed by atoms with Crippen LogP contribution < -0.4 is 9.64 Å². The number of para-hydroxylation sites is 1. The number of carbonyl (C=O) groups is 3. The number of hydrogen-bond acceptors (Lipinski definition) is 6. The van der Waals surface area contributed by atoms with Gasteiger partial charge in [0.2, 0.25) is 0 Å². The number of benzene rings is 2. The zero-order chi connectivity index (χ0) is 25.2. The van der Waals surface area contributed by atoms with Gasteiger partial charge in [-0.1, -0.05) is 29.8 Å². The van der Waals surface area contributed by atoms with Crippen molar-refractivity contribution in [2.24, 2.45) is 0 Å². The van der Waals surface area contributed by atoms with Gasteiger partial charge in [0, 0.05) is 56.0 Å². The number of piperidine rings is 1. The average molecular weight is 504 g/mol. The summed E-state index contributed by atoms with van der Waals surface area (Å²) < 4.78 is 5.61. The van der Waals surface area contributed by atoms with Gasteiger partial charge in [0.15, 0.2) is 6.61 Å². The molecule has 2 saturated heterocycles. The van der Waals surface area contributed by atoms with Crippen LogP contribution in [-0.4, -0.2) is 89.8 Å². The molecule has 9 nitrogen and oxygen atoms in total. The highest BCUT2D eigenvalue weighted by molar-refractivity contribution is 6.30. The summed E-state index contributed by atoms with van der Waals surface area (Å²) in [4.78, 5) is 37.7. The highest BCUT2D eigenvalue weighted by atomic mass is 35.5. The molecule has 2 heterocycles. The van der Waals surface area contributed by atoms with Crippen LogP contribution in [0.5, 0.6) is 5.75 Å². The summed E-state index contributed by atoms with van der Waals surface area (Å²) in [7, 11) is 0. The predicted octanol–water partition coefficient (Wildman–Crippen LogP) is 2.69. The van der Waals surface area contributed by atoms with Gasteiger partial charge in [0.25, 0.3) is 5.91 Å². The summed E-state index contributed by atoms with van der Waals surface area (Å²) in [6.07, 6.45) is 2.08. The van der Waals surface area contributed by atoms with E-state index in [0.717, 1.165) is 52.1 Å². The minimum atomic E-state index is -1.82. The lowest BCUT2D eigenvalue weighted by Gasteiger charge is -2.43. The lowest BCUT2D eigenvalue weighted by Crippen LogP contribution is -2.54. The fourth-order valence-electron chi connectivity index (χ4n) is 4.23. The Labute approximate surface area is 209 Å². The molecule has 2 aromatic rings. The number of nitrogens with zero attached hydrogens (tertiary/aromatic N) is 3. The van der Waals surface area contributed by atoms with Crippen molar-refractivity contribution in [3.63, 3.8) is 0 Å². The Morgan fingerprint density at radius 1 is 0.829 bits per heavy atom. The molecule has 35 heavy (non-hydrogen) atoms. The number of amides is 1. The third-order valence-electron chi connectivity index (χ3n) is 6.13. The van der Waals surface area contributed by atoms with Crippen LogP contribution in [0.1, 0.15) is 12.8 Å². The van der Waals surface area contributed by atoms with Gasteiger partial charge in [-0.25, -0.2) is 9.59 Å². The summed E-state index contributed by atoms with van der Waals surface area (Å²) in [6, 6.07) is 18.3. The van der Waals surface area contributed by atoms with Gasteiger partial charge >= 0.3 is 11.9 Å². The molecule has 10 heteroatoms. The van der Waals surface area contributed by atoms with Crippen molar-refractivity contribution in [1.29, 1.82) is 0 Å². The number of piperazine rings is 1. The van der Waals surface area contributed by atoms with Crippen molar-refractivity contribution in [2.45, 2.75) is 18.9 Å². The van der Waals surface area contributed by atoms with E-state index in [2.05, 4.69) is 40.1 Å². The van der Waals surface area contributed by atoms with Crippen molar-refractivity contribution in [1.82, 2.24) is 9.80 Å². The van der Waals surface area contributed by atoms with Gasteiger partial charge in [0.05, 0.1) is 0 Å². The van der Waals surface area contributed by atoms with Crippen LogP contribution in [0.25, 0.3) is 0 Å². The summed E-state index contributed by atoms with van der Waals surface area (Å²) in [6.45, 7) is 6.03. The van der Waals surface area contributed by atoms with Gasteiger partial charge in [-0.3, -0.25) is 9.69 Å². The van der Waals surface area contributed by atoms with Crippen molar-refractivity contribution < 1.29 is 29.3 Å². The molecule has 0 bridgehead atoms. The fraction of sp³-hybridized carbons (Fsp3) is 0.400. The summed E-state index contributed by atoms with van der Waals surface area (Å²) in [5.41, 5.74) is 1.31. The van der Waals surface area contributed by atoms with Crippen LogP contribution >= 0.6 is 11.6 Å². The number of rotatable bonds is 5. The van der Waals surface area contributed by atoms with E-state index in [1.807, 2.05) is 4.90 Å². The molecule has 0 spiro atoms. The fourth-order valence-corrected chi connectivity index (χ4v) is 4.36. The Bertz CT molecular complexity index is 960. The molecule has 2 fully saturated rings. The number of halogens is 1. The first-order valence-electron chi connectivity index (χ1n) is 11.5. The number of likely N-dealkylation sites (tertiary alicyclic amines) is 1.